The number of amides is 1. The second kappa shape index (κ2) is 7.24. The fourth-order valence-electron chi connectivity index (χ4n) is 1.13. The van der Waals surface area contributed by atoms with Gasteiger partial charge in [0.2, 0.25) is 0 Å². The van der Waals surface area contributed by atoms with Gasteiger partial charge >= 0.3 is 0 Å². The minimum atomic E-state index is -0.144. The van der Waals surface area contributed by atoms with Crippen molar-refractivity contribution >= 4 is 17.7 Å². The number of nitrogens with zero attached hydrogens (tertiary/aromatic N) is 1. The molecule has 2 N–H and O–H groups in total. The molecule has 0 aliphatic carbocycles. The fraction of sp³-hybridized carbons (Fsp3) is 0.455. The lowest BCUT2D eigenvalue weighted by Gasteiger charge is -2.04. The van der Waals surface area contributed by atoms with Crippen LogP contribution in [0.2, 0.25) is 0 Å². The van der Waals surface area contributed by atoms with E-state index in [0.29, 0.717) is 18.5 Å². The molecule has 0 spiro atoms. The molecular weight excluding hydrogens is 224 g/mol. The number of aromatic nitrogens is 1. The Morgan fingerprint density at radius 1 is 1.56 bits per heavy atom. The van der Waals surface area contributed by atoms with E-state index in [9.17, 15) is 4.79 Å². The first-order valence-electron chi connectivity index (χ1n) is 5.25. The van der Waals surface area contributed by atoms with Crippen LogP contribution in [-0.2, 0) is 0 Å². The number of nitrogens with one attached hydrogen (secondary N) is 1. The molecule has 1 amide bonds. The minimum Gasteiger partial charge on any atom is -0.396 e. The third kappa shape index (κ3) is 4.20. The molecule has 1 aromatic heterocycles. The summed E-state index contributed by atoms with van der Waals surface area (Å²) in [5.41, 5.74) is 0.554. The highest BCUT2D eigenvalue weighted by atomic mass is 32.2. The molecule has 0 saturated carbocycles. The van der Waals surface area contributed by atoms with Gasteiger partial charge < -0.3 is 10.4 Å². The summed E-state index contributed by atoms with van der Waals surface area (Å²) in [5.74, 6) is 0.823. The molecule has 0 fully saturated rings. The zero-order chi connectivity index (χ0) is 11.8. The van der Waals surface area contributed by atoms with E-state index in [4.69, 9.17) is 5.11 Å². The van der Waals surface area contributed by atoms with Crippen molar-refractivity contribution in [1.29, 1.82) is 0 Å². The summed E-state index contributed by atoms with van der Waals surface area (Å²) in [5, 5.41) is 12.2. The summed E-state index contributed by atoms with van der Waals surface area (Å²) in [6.45, 7) is 2.63. The Bertz CT molecular complexity index is 327. The Hall–Kier alpha value is -1.07. The summed E-state index contributed by atoms with van der Waals surface area (Å²) < 4.78 is 0. The van der Waals surface area contributed by atoms with Gasteiger partial charge in [0.15, 0.2) is 0 Å². The number of aliphatic hydroxyl groups excluding tert-OH is 1. The molecule has 0 bridgehead atoms. The molecule has 0 aliphatic heterocycles. The lowest BCUT2D eigenvalue weighted by atomic mass is 10.2. The van der Waals surface area contributed by atoms with Gasteiger partial charge in [-0.3, -0.25) is 4.79 Å². The van der Waals surface area contributed by atoms with Crippen LogP contribution in [0.15, 0.2) is 23.4 Å². The average molecular weight is 240 g/mol. The van der Waals surface area contributed by atoms with E-state index in [2.05, 4.69) is 17.2 Å². The number of hydrogen-bond acceptors (Lipinski definition) is 4. The zero-order valence-electron chi connectivity index (χ0n) is 9.27. The fourth-order valence-corrected chi connectivity index (χ4v) is 1.72. The van der Waals surface area contributed by atoms with Crippen LogP contribution in [0.3, 0.4) is 0 Å². The van der Waals surface area contributed by atoms with E-state index in [-0.39, 0.29) is 12.5 Å². The molecular formula is C11H16N2O2S. The third-order valence-electron chi connectivity index (χ3n) is 1.91. The predicted octanol–water partition coefficient (Wildman–Crippen LogP) is 1.31. The van der Waals surface area contributed by atoms with E-state index in [1.807, 2.05) is 6.07 Å². The van der Waals surface area contributed by atoms with Crippen molar-refractivity contribution < 1.29 is 9.90 Å². The van der Waals surface area contributed by atoms with Gasteiger partial charge in [0.25, 0.3) is 5.91 Å². The Balaban J connectivity index is 2.49. The van der Waals surface area contributed by atoms with Gasteiger partial charge in [0.05, 0.1) is 10.6 Å². The highest BCUT2D eigenvalue weighted by Crippen LogP contribution is 2.14. The maximum Gasteiger partial charge on any atom is 0.252 e. The maximum absolute atomic E-state index is 11.5. The van der Waals surface area contributed by atoms with E-state index >= 15 is 0 Å². The summed E-state index contributed by atoms with van der Waals surface area (Å²) in [6, 6.07) is 3.61. The van der Waals surface area contributed by atoms with Crippen LogP contribution in [0.5, 0.6) is 0 Å². The molecule has 1 heterocycles. The number of aliphatic hydroxyl groups is 1. The monoisotopic (exact) mass is 240 g/mol. The molecule has 0 saturated heterocycles. The van der Waals surface area contributed by atoms with Crippen molar-refractivity contribution in [1.82, 2.24) is 10.3 Å². The number of thioether (sulfide) groups is 1. The Morgan fingerprint density at radius 3 is 2.94 bits per heavy atom. The Morgan fingerprint density at radius 2 is 2.38 bits per heavy atom. The quantitative estimate of drug-likeness (QED) is 0.581. The number of carbonyl (C=O) groups excluding carboxylic acids is 1. The summed E-state index contributed by atoms with van der Waals surface area (Å²) in [6.07, 6.45) is 2.15. The predicted molar refractivity (Wildman–Crippen MR) is 64.7 cm³/mol. The van der Waals surface area contributed by atoms with Gasteiger partial charge in [-0.2, -0.15) is 0 Å². The van der Waals surface area contributed by atoms with Crippen LogP contribution < -0.4 is 5.32 Å². The molecule has 0 aliphatic rings. The molecule has 0 atom stereocenters. The third-order valence-corrected chi connectivity index (χ3v) is 2.74. The largest absolute Gasteiger partial charge is 0.396 e. The molecule has 88 valence electrons. The van der Waals surface area contributed by atoms with Crippen molar-refractivity contribution in [2.75, 3.05) is 18.9 Å². The Labute approximate surface area is 99.5 Å². The number of pyridine rings is 1. The molecule has 0 unspecified atom stereocenters. The van der Waals surface area contributed by atoms with Gasteiger partial charge in [0.1, 0.15) is 0 Å². The van der Waals surface area contributed by atoms with E-state index in [1.54, 1.807) is 24.0 Å². The van der Waals surface area contributed by atoms with Gasteiger partial charge in [-0.25, -0.2) is 4.98 Å². The molecule has 16 heavy (non-hydrogen) atoms. The molecule has 1 aromatic rings. The van der Waals surface area contributed by atoms with Gasteiger partial charge in [-0.1, -0.05) is 6.92 Å². The first-order valence-corrected chi connectivity index (χ1v) is 6.24. The van der Waals surface area contributed by atoms with Crippen LogP contribution in [0.1, 0.15) is 23.7 Å². The number of hydrogen-bond donors (Lipinski definition) is 2. The van der Waals surface area contributed by atoms with Gasteiger partial charge in [-0.15, -0.1) is 11.8 Å². The molecule has 0 aromatic carbocycles. The van der Waals surface area contributed by atoms with Crippen molar-refractivity contribution in [2.24, 2.45) is 0 Å². The van der Waals surface area contributed by atoms with E-state index < -0.39 is 0 Å². The van der Waals surface area contributed by atoms with Gasteiger partial charge in [-0.05, 0) is 24.3 Å². The van der Waals surface area contributed by atoms with E-state index in [1.165, 1.54) is 0 Å². The smallest absolute Gasteiger partial charge is 0.252 e. The SMILES string of the molecule is CCSc1ccc(C(=O)NCCCO)cn1. The van der Waals surface area contributed by atoms with Crippen LogP contribution in [-0.4, -0.2) is 34.9 Å². The van der Waals surface area contributed by atoms with Crippen LogP contribution in [0.4, 0.5) is 0 Å². The second-order valence-corrected chi connectivity index (χ2v) is 4.44. The highest BCUT2D eigenvalue weighted by Gasteiger charge is 2.04. The van der Waals surface area contributed by atoms with Crippen molar-refractivity contribution in [3.8, 4) is 0 Å². The van der Waals surface area contributed by atoms with E-state index in [0.717, 1.165) is 10.8 Å². The standard InChI is InChI=1S/C11H16N2O2S/c1-2-16-10-5-4-9(8-13-10)11(15)12-6-3-7-14/h4-5,8,14H,2-3,6-7H2,1H3,(H,12,15). The van der Waals surface area contributed by atoms with Crippen molar-refractivity contribution in [2.45, 2.75) is 18.4 Å². The van der Waals surface area contributed by atoms with Crippen LogP contribution in [0.25, 0.3) is 0 Å². The maximum atomic E-state index is 11.5. The lowest BCUT2D eigenvalue weighted by molar-refractivity contribution is 0.0950. The summed E-state index contributed by atoms with van der Waals surface area (Å²) in [7, 11) is 0. The average Bonchev–Trinajstić information content (AvgIpc) is 2.30. The summed E-state index contributed by atoms with van der Waals surface area (Å²) >= 11 is 1.64. The normalized spacial score (nSPS) is 10.1. The van der Waals surface area contributed by atoms with Crippen LogP contribution >= 0.6 is 11.8 Å². The topological polar surface area (TPSA) is 62.2 Å². The molecule has 1 rings (SSSR count). The molecule has 5 heteroatoms. The first-order chi connectivity index (χ1) is 7.77. The van der Waals surface area contributed by atoms with Crippen LogP contribution in [0, 0.1) is 0 Å². The number of rotatable bonds is 6. The lowest BCUT2D eigenvalue weighted by Crippen LogP contribution is -2.25. The summed E-state index contributed by atoms with van der Waals surface area (Å²) in [4.78, 5) is 15.7. The van der Waals surface area contributed by atoms with Crippen molar-refractivity contribution in [3.63, 3.8) is 0 Å². The molecule has 0 radical (unpaired) electrons. The number of carbonyl (C=O) groups is 1. The van der Waals surface area contributed by atoms with Gasteiger partial charge in [0, 0.05) is 19.3 Å². The highest BCUT2D eigenvalue weighted by molar-refractivity contribution is 7.99. The second-order valence-electron chi connectivity index (χ2n) is 3.15. The molecule has 4 nitrogen and oxygen atoms in total. The Kier molecular flexibility index (Phi) is 5.88. The van der Waals surface area contributed by atoms with Crippen molar-refractivity contribution in [3.05, 3.63) is 23.9 Å². The minimum absolute atomic E-state index is 0.0879. The zero-order valence-corrected chi connectivity index (χ0v) is 10.1. The first kappa shape index (κ1) is 13.0.